The Labute approximate surface area is 126 Å². The van der Waals surface area contributed by atoms with Gasteiger partial charge in [0.05, 0.1) is 6.04 Å². The Bertz CT molecular complexity index is 608. The number of para-hydroxylation sites is 1. The first-order valence-electron chi connectivity index (χ1n) is 8.12. The van der Waals surface area contributed by atoms with Gasteiger partial charge in [-0.3, -0.25) is 4.79 Å². The van der Waals surface area contributed by atoms with Crippen LogP contribution in [0.3, 0.4) is 0 Å². The van der Waals surface area contributed by atoms with E-state index in [1.807, 2.05) is 37.4 Å². The Hall–Kier alpha value is -1.61. The van der Waals surface area contributed by atoms with Gasteiger partial charge in [-0.25, -0.2) is 0 Å². The molecule has 1 saturated carbocycles. The van der Waals surface area contributed by atoms with Crippen LogP contribution in [-0.4, -0.2) is 22.9 Å². The van der Waals surface area contributed by atoms with Crippen molar-refractivity contribution in [3.8, 4) is 0 Å². The minimum Gasteiger partial charge on any atom is -0.360 e. The van der Waals surface area contributed by atoms with Gasteiger partial charge in [0.2, 0.25) is 0 Å². The van der Waals surface area contributed by atoms with Crippen molar-refractivity contribution in [1.82, 2.24) is 10.3 Å². The van der Waals surface area contributed by atoms with Crippen LogP contribution in [-0.2, 0) is 0 Å². The lowest BCUT2D eigenvalue weighted by atomic mass is 10.0. The molecule has 21 heavy (non-hydrogen) atoms. The summed E-state index contributed by atoms with van der Waals surface area (Å²) in [5.41, 5.74) is 1.83. The van der Waals surface area contributed by atoms with Crippen LogP contribution in [0.5, 0.6) is 0 Å². The number of benzene rings is 1. The lowest BCUT2D eigenvalue weighted by Crippen LogP contribution is -2.41. The molecule has 3 rings (SSSR count). The first-order valence-corrected chi connectivity index (χ1v) is 8.12. The van der Waals surface area contributed by atoms with Gasteiger partial charge in [0.1, 0.15) is 0 Å². The van der Waals surface area contributed by atoms with E-state index in [1.165, 1.54) is 38.5 Å². The molecule has 1 aliphatic carbocycles. The zero-order chi connectivity index (χ0) is 14.7. The highest BCUT2D eigenvalue weighted by Gasteiger charge is 2.22. The molecule has 0 unspecified atom stereocenters. The molecular formula is C18H24N2O. The van der Waals surface area contributed by atoms with Crippen LogP contribution in [0.2, 0.25) is 0 Å². The van der Waals surface area contributed by atoms with Crippen molar-refractivity contribution >= 4 is 16.7 Å². The zero-order valence-electron chi connectivity index (χ0n) is 12.7. The number of fused-ring (bicyclic) bond motifs is 1. The molecule has 1 heterocycles. The summed E-state index contributed by atoms with van der Waals surface area (Å²) >= 11 is 0. The van der Waals surface area contributed by atoms with E-state index in [9.17, 15) is 4.79 Å². The van der Waals surface area contributed by atoms with Crippen molar-refractivity contribution < 1.29 is 4.79 Å². The van der Waals surface area contributed by atoms with E-state index in [4.69, 9.17) is 0 Å². The summed E-state index contributed by atoms with van der Waals surface area (Å²) in [6.45, 7) is 2.00. The maximum absolute atomic E-state index is 12.7. The summed E-state index contributed by atoms with van der Waals surface area (Å²) in [4.78, 5) is 15.9. The molecule has 0 radical (unpaired) electrons. The first kappa shape index (κ1) is 14.3. The second-order valence-electron chi connectivity index (χ2n) is 6.19. The fourth-order valence-electron chi connectivity index (χ4n) is 3.38. The van der Waals surface area contributed by atoms with Gasteiger partial charge in [0.25, 0.3) is 0 Å². The third-order valence-electron chi connectivity index (χ3n) is 4.59. The van der Waals surface area contributed by atoms with Crippen LogP contribution < -0.4 is 5.32 Å². The molecule has 0 bridgehead atoms. The van der Waals surface area contributed by atoms with Crippen molar-refractivity contribution in [3.63, 3.8) is 0 Å². The number of H-pyrrole nitrogens is 1. The van der Waals surface area contributed by atoms with Crippen molar-refractivity contribution in [2.45, 2.75) is 57.5 Å². The lowest BCUT2D eigenvalue weighted by molar-refractivity contribution is 0.0944. The van der Waals surface area contributed by atoms with E-state index >= 15 is 0 Å². The van der Waals surface area contributed by atoms with Crippen molar-refractivity contribution in [2.24, 2.45) is 0 Å². The standard InChI is InChI=1S/C18H24N2O/c1-13(20-14-8-4-2-3-5-9-14)18(21)16-12-19-17-11-7-6-10-15(16)17/h6-7,10-14,19-20H,2-5,8-9H2,1H3/t13-/m0/s1. The maximum atomic E-state index is 12.7. The molecular weight excluding hydrogens is 260 g/mol. The summed E-state index contributed by atoms with van der Waals surface area (Å²) < 4.78 is 0. The number of aromatic nitrogens is 1. The Morgan fingerprint density at radius 1 is 1.19 bits per heavy atom. The summed E-state index contributed by atoms with van der Waals surface area (Å²) in [6, 6.07) is 8.37. The third kappa shape index (κ3) is 3.18. The molecule has 1 aliphatic rings. The van der Waals surface area contributed by atoms with Gasteiger partial charge in [-0.2, -0.15) is 0 Å². The van der Waals surface area contributed by atoms with Crippen LogP contribution in [0.1, 0.15) is 55.8 Å². The Balaban J connectivity index is 1.71. The average molecular weight is 284 g/mol. The van der Waals surface area contributed by atoms with E-state index < -0.39 is 0 Å². The number of ketones is 1. The third-order valence-corrected chi connectivity index (χ3v) is 4.59. The van der Waals surface area contributed by atoms with Crippen molar-refractivity contribution in [2.75, 3.05) is 0 Å². The second-order valence-corrected chi connectivity index (χ2v) is 6.19. The van der Waals surface area contributed by atoms with Crippen LogP contribution in [0.15, 0.2) is 30.5 Å². The van der Waals surface area contributed by atoms with Gasteiger partial charge in [-0.05, 0) is 25.8 Å². The summed E-state index contributed by atoms with van der Waals surface area (Å²) in [5.74, 6) is 0.191. The largest absolute Gasteiger partial charge is 0.360 e. The monoisotopic (exact) mass is 284 g/mol. The number of rotatable bonds is 4. The molecule has 3 nitrogen and oxygen atoms in total. The highest BCUT2D eigenvalue weighted by Crippen LogP contribution is 2.21. The zero-order valence-corrected chi connectivity index (χ0v) is 12.7. The first-order chi connectivity index (χ1) is 10.3. The van der Waals surface area contributed by atoms with Crippen LogP contribution in [0.4, 0.5) is 0 Å². The fourth-order valence-corrected chi connectivity index (χ4v) is 3.38. The molecule has 1 aromatic heterocycles. The van der Waals surface area contributed by atoms with E-state index in [1.54, 1.807) is 0 Å². The summed E-state index contributed by atoms with van der Waals surface area (Å²) in [7, 11) is 0. The molecule has 112 valence electrons. The SMILES string of the molecule is C[C@H](NC1CCCCCC1)C(=O)c1c[nH]c2ccccc12. The number of hydrogen-bond acceptors (Lipinski definition) is 2. The lowest BCUT2D eigenvalue weighted by Gasteiger charge is -2.21. The fraction of sp³-hybridized carbons (Fsp3) is 0.500. The number of nitrogens with one attached hydrogen (secondary N) is 2. The molecule has 0 spiro atoms. The molecule has 3 heteroatoms. The molecule has 0 amide bonds. The van der Waals surface area contributed by atoms with Crippen LogP contribution in [0.25, 0.3) is 10.9 Å². The summed E-state index contributed by atoms with van der Waals surface area (Å²) in [6.07, 6.45) is 9.48. The van der Waals surface area contributed by atoms with E-state index in [-0.39, 0.29) is 11.8 Å². The molecule has 1 fully saturated rings. The Kier molecular flexibility index (Phi) is 4.39. The van der Waals surface area contributed by atoms with Gasteiger partial charge in [0.15, 0.2) is 5.78 Å². The topological polar surface area (TPSA) is 44.9 Å². The molecule has 0 saturated heterocycles. The number of carbonyl (C=O) groups excluding carboxylic acids is 1. The van der Waals surface area contributed by atoms with E-state index in [2.05, 4.69) is 10.3 Å². The highest BCUT2D eigenvalue weighted by molar-refractivity contribution is 6.10. The van der Waals surface area contributed by atoms with Crippen LogP contribution >= 0.6 is 0 Å². The van der Waals surface area contributed by atoms with Crippen molar-refractivity contribution in [1.29, 1.82) is 0 Å². The predicted octanol–water partition coefficient (Wildman–Crippen LogP) is 4.05. The minimum atomic E-state index is -0.118. The minimum absolute atomic E-state index is 0.118. The smallest absolute Gasteiger partial charge is 0.181 e. The number of carbonyl (C=O) groups is 1. The Morgan fingerprint density at radius 2 is 1.90 bits per heavy atom. The number of hydrogen-bond donors (Lipinski definition) is 2. The van der Waals surface area contributed by atoms with Crippen LogP contribution in [0, 0.1) is 0 Å². The molecule has 1 aromatic carbocycles. The van der Waals surface area contributed by atoms with Gasteiger partial charge in [-0.15, -0.1) is 0 Å². The second kappa shape index (κ2) is 6.44. The molecule has 0 aliphatic heterocycles. The van der Waals surface area contributed by atoms with Gasteiger partial charge in [0, 0.05) is 28.7 Å². The number of aromatic amines is 1. The Morgan fingerprint density at radius 3 is 2.67 bits per heavy atom. The maximum Gasteiger partial charge on any atom is 0.181 e. The van der Waals surface area contributed by atoms with Gasteiger partial charge < -0.3 is 10.3 Å². The average Bonchev–Trinajstić information content (AvgIpc) is 2.76. The number of Topliss-reactive ketones (excluding diaryl/α,β-unsaturated/α-hetero) is 1. The van der Waals surface area contributed by atoms with E-state index in [0.717, 1.165) is 16.5 Å². The van der Waals surface area contributed by atoms with Crippen molar-refractivity contribution in [3.05, 3.63) is 36.0 Å². The molecule has 2 aromatic rings. The van der Waals surface area contributed by atoms with E-state index in [0.29, 0.717) is 6.04 Å². The van der Waals surface area contributed by atoms with Gasteiger partial charge in [-0.1, -0.05) is 43.9 Å². The molecule has 2 N–H and O–H groups in total. The summed E-state index contributed by atoms with van der Waals surface area (Å²) in [5, 5.41) is 4.57. The molecule has 1 atom stereocenters. The highest BCUT2D eigenvalue weighted by atomic mass is 16.1. The normalized spacial score (nSPS) is 18.5. The van der Waals surface area contributed by atoms with Gasteiger partial charge >= 0.3 is 0 Å². The quantitative estimate of drug-likeness (QED) is 0.657. The predicted molar refractivity (Wildman–Crippen MR) is 86.7 cm³/mol.